The number of hydrogen-bond donors (Lipinski definition) is 2. The molecule has 0 heterocycles. The molecule has 5 nitrogen and oxygen atoms in total. The van der Waals surface area contributed by atoms with Gasteiger partial charge in [0.15, 0.2) is 9.84 Å². The fourth-order valence-electron chi connectivity index (χ4n) is 3.80. The number of nitrogens with one attached hydrogen (secondary N) is 1. The minimum absolute atomic E-state index is 0.0388. The Bertz CT molecular complexity index is 1170. The van der Waals surface area contributed by atoms with E-state index >= 15 is 0 Å². The second-order valence-electron chi connectivity index (χ2n) is 8.86. The van der Waals surface area contributed by atoms with E-state index in [1.165, 1.54) is 24.3 Å². The Balaban J connectivity index is 1.88. The van der Waals surface area contributed by atoms with E-state index in [1.807, 2.05) is 0 Å². The lowest BCUT2D eigenvalue weighted by atomic mass is 9.98. The molecule has 3 rings (SSSR count). The predicted molar refractivity (Wildman–Crippen MR) is 121 cm³/mol. The van der Waals surface area contributed by atoms with Gasteiger partial charge in [-0.3, -0.25) is 4.79 Å². The fraction of sp³-hybridized carbons (Fsp3) is 0.458. The van der Waals surface area contributed by atoms with E-state index in [1.54, 1.807) is 0 Å². The third kappa shape index (κ3) is 7.22. The van der Waals surface area contributed by atoms with Crippen LogP contribution in [0, 0.1) is 5.92 Å². The van der Waals surface area contributed by atoms with Gasteiger partial charge in [-0.05, 0) is 80.5 Å². The van der Waals surface area contributed by atoms with Crippen LogP contribution in [0.4, 0.5) is 26.3 Å². The number of carbonyl (C=O) groups excluding carboxylic acids is 1. The maximum atomic E-state index is 13.5. The molecule has 0 saturated heterocycles. The van der Waals surface area contributed by atoms with E-state index < -0.39 is 50.8 Å². The number of benzene rings is 2. The van der Waals surface area contributed by atoms with Crippen LogP contribution in [0.2, 0.25) is 0 Å². The second-order valence-corrected chi connectivity index (χ2v) is 10.9. The minimum atomic E-state index is -5.19. The van der Waals surface area contributed by atoms with Crippen LogP contribution in [0.5, 0.6) is 0 Å². The molecule has 2 aromatic rings. The van der Waals surface area contributed by atoms with Crippen molar-refractivity contribution in [3.8, 4) is 0 Å². The summed E-state index contributed by atoms with van der Waals surface area (Å²) in [6.45, 7) is 0.343. The zero-order chi connectivity index (χ0) is 26.7. The van der Waals surface area contributed by atoms with Crippen LogP contribution in [0.15, 0.2) is 47.4 Å². The van der Waals surface area contributed by atoms with Crippen molar-refractivity contribution in [2.45, 2.75) is 55.4 Å². The summed E-state index contributed by atoms with van der Waals surface area (Å²) in [6, 6.07) is 5.75. The van der Waals surface area contributed by atoms with Gasteiger partial charge in [0.1, 0.15) is 0 Å². The van der Waals surface area contributed by atoms with Gasteiger partial charge in [-0.2, -0.15) is 26.3 Å². The number of sulfone groups is 1. The number of halogens is 6. The third-order valence-corrected chi connectivity index (χ3v) is 7.84. The molecule has 12 heteroatoms. The van der Waals surface area contributed by atoms with Crippen molar-refractivity contribution in [1.29, 1.82) is 0 Å². The maximum absolute atomic E-state index is 13.5. The predicted octanol–water partition coefficient (Wildman–Crippen LogP) is 5.51. The molecule has 0 bridgehead atoms. The summed E-state index contributed by atoms with van der Waals surface area (Å²) in [5.41, 5.74) is 1.80. The summed E-state index contributed by atoms with van der Waals surface area (Å²) >= 11 is 0. The molecular formula is C24H26F6N2O3S. The van der Waals surface area contributed by atoms with Crippen molar-refractivity contribution < 1.29 is 39.6 Å². The lowest BCUT2D eigenvalue weighted by Gasteiger charge is -2.22. The number of amides is 1. The summed E-state index contributed by atoms with van der Waals surface area (Å²) in [5, 5.41) is 2.47. The number of unbranched alkanes of at least 4 members (excludes halogenated alkanes) is 1. The van der Waals surface area contributed by atoms with Crippen LogP contribution in [-0.4, -0.2) is 26.6 Å². The molecule has 3 N–H and O–H groups in total. The van der Waals surface area contributed by atoms with Gasteiger partial charge < -0.3 is 11.1 Å². The lowest BCUT2D eigenvalue weighted by Crippen LogP contribution is -2.31. The normalized spacial score (nSPS) is 15.5. The highest BCUT2D eigenvalue weighted by atomic mass is 32.2. The topological polar surface area (TPSA) is 89.3 Å². The van der Waals surface area contributed by atoms with Gasteiger partial charge in [-0.25, -0.2) is 8.42 Å². The van der Waals surface area contributed by atoms with E-state index in [0.29, 0.717) is 37.1 Å². The van der Waals surface area contributed by atoms with Crippen LogP contribution in [0.3, 0.4) is 0 Å². The molecule has 2 aromatic carbocycles. The van der Waals surface area contributed by atoms with Crippen LogP contribution < -0.4 is 11.1 Å². The Morgan fingerprint density at radius 2 is 1.61 bits per heavy atom. The van der Waals surface area contributed by atoms with Gasteiger partial charge in [0.05, 0.1) is 33.4 Å². The Hall–Kier alpha value is -2.60. The van der Waals surface area contributed by atoms with Gasteiger partial charge in [0, 0.05) is 0 Å². The molecule has 1 saturated carbocycles. The molecule has 0 spiro atoms. The average molecular weight is 537 g/mol. The molecular weight excluding hydrogens is 510 g/mol. The van der Waals surface area contributed by atoms with Crippen molar-refractivity contribution >= 4 is 15.7 Å². The Labute approximate surface area is 205 Å². The van der Waals surface area contributed by atoms with Crippen molar-refractivity contribution in [1.82, 2.24) is 5.32 Å². The number of hydrogen-bond acceptors (Lipinski definition) is 4. The van der Waals surface area contributed by atoms with E-state index in [4.69, 9.17) is 5.73 Å². The molecule has 1 atom stereocenters. The summed E-state index contributed by atoms with van der Waals surface area (Å²) in [7, 11) is -3.49. The molecule has 1 aliphatic rings. The second kappa shape index (κ2) is 10.8. The summed E-state index contributed by atoms with van der Waals surface area (Å²) in [5.74, 6) is -1.01. The van der Waals surface area contributed by atoms with Crippen LogP contribution >= 0.6 is 0 Å². The highest BCUT2D eigenvalue weighted by molar-refractivity contribution is 7.91. The highest BCUT2D eigenvalue weighted by Crippen LogP contribution is 2.38. The number of alkyl halides is 6. The van der Waals surface area contributed by atoms with E-state index in [0.717, 1.165) is 12.8 Å². The third-order valence-electron chi connectivity index (χ3n) is 5.94. The zero-order valence-corrected chi connectivity index (χ0v) is 19.9. The van der Waals surface area contributed by atoms with Crippen molar-refractivity contribution in [2.75, 3.05) is 12.3 Å². The van der Waals surface area contributed by atoms with Gasteiger partial charge in [-0.15, -0.1) is 0 Å². The van der Waals surface area contributed by atoms with Gasteiger partial charge in [0.25, 0.3) is 5.91 Å². The van der Waals surface area contributed by atoms with Crippen LogP contribution in [-0.2, 0) is 22.2 Å². The molecule has 0 aliphatic heterocycles. The molecule has 0 radical (unpaired) electrons. The molecule has 1 aliphatic carbocycles. The van der Waals surface area contributed by atoms with Crippen molar-refractivity contribution in [2.24, 2.45) is 11.7 Å². The number of nitrogens with two attached hydrogens (primary N) is 1. The van der Waals surface area contributed by atoms with E-state index in [2.05, 4.69) is 5.32 Å². The monoisotopic (exact) mass is 536 g/mol. The van der Waals surface area contributed by atoms with Crippen molar-refractivity contribution in [3.05, 3.63) is 64.7 Å². The largest absolute Gasteiger partial charge is 0.417 e. The summed E-state index contributed by atoms with van der Waals surface area (Å²) in [4.78, 5) is 12.9. The lowest BCUT2D eigenvalue weighted by molar-refractivity contribution is -0.143. The first-order valence-corrected chi connectivity index (χ1v) is 13.0. The quantitative estimate of drug-likeness (QED) is 0.310. The Morgan fingerprint density at radius 1 is 0.972 bits per heavy atom. The van der Waals surface area contributed by atoms with Crippen LogP contribution in [0.1, 0.15) is 65.2 Å². The standard InChI is InChI=1S/C24H26F6N2O3S/c25-23(26,27)17-8-11-19(20(13-17)24(28,29)30)22(33)32-21(3-1-2-12-31)16-6-9-18(10-7-16)36(34,35)14-15-4-5-15/h6-11,13,15,21H,1-5,12,14,31H2,(H,32,33)/t21-/m0/s1. The molecule has 1 fully saturated rings. The first-order chi connectivity index (χ1) is 16.7. The zero-order valence-electron chi connectivity index (χ0n) is 19.1. The van der Waals surface area contributed by atoms with Crippen LogP contribution in [0.25, 0.3) is 0 Å². The van der Waals surface area contributed by atoms with E-state index in [9.17, 15) is 39.6 Å². The SMILES string of the molecule is NCCCC[C@H](NC(=O)c1ccc(C(F)(F)F)cc1C(F)(F)F)c1ccc(S(=O)(=O)CC2CC2)cc1. The average Bonchev–Trinajstić information content (AvgIpc) is 3.60. The van der Waals surface area contributed by atoms with Gasteiger partial charge >= 0.3 is 12.4 Å². The first kappa shape index (κ1) is 28.0. The molecule has 36 heavy (non-hydrogen) atoms. The van der Waals surface area contributed by atoms with E-state index in [-0.39, 0.29) is 29.1 Å². The number of carbonyl (C=O) groups is 1. The number of rotatable bonds is 10. The summed E-state index contributed by atoms with van der Waals surface area (Å²) in [6.07, 6.45) is -7.15. The summed E-state index contributed by atoms with van der Waals surface area (Å²) < 4.78 is 104. The highest BCUT2D eigenvalue weighted by Gasteiger charge is 2.39. The Morgan fingerprint density at radius 3 is 2.14 bits per heavy atom. The molecule has 0 unspecified atom stereocenters. The smallest absolute Gasteiger partial charge is 0.345 e. The van der Waals surface area contributed by atoms with Crippen molar-refractivity contribution in [3.63, 3.8) is 0 Å². The Kier molecular flexibility index (Phi) is 8.39. The fourth-order valence-corrected chi connectivity index (χ4v) is 5.50. The van der Waals surface area contributed by atoms with Gasteiger partial charge in [-0.1, -0.05) is 12.1 Å². The minimum Gasteiger partial charge on any atom is -0.345 e. The molecule has 0 aromatic heterocycles. The maximum Gasteiger partial charge on any atom is 0.417 e. The molecule has 1 amide bonds. The molecule has 198 valence electrons. The van der Waals surface area contributed by atoms with Gasteiger partial charge in [0.2, 0.25) is 0 Å². The first-order valence-electron chi connectivity index (χ1n) is 11.3.